The summed E-state index contributed by atoms with van der Waals surface area (Å²) < 4.78 is 10.5. The summed E-state index contributed by atoms with van der Waals surface area (Å²) in [5.41, 5.74) is 1.54. The monoisotopic (exact) mass is 460 g/mol. The van der Waals surface area contributed by atoms with Gasteiger partial charge in [0.1, 0.15) is 23.6 Å². The van der Waals surface area contributed by atoms with Crippen LogP contribution in [-0.4, -0.2) is 29.4 Å². The first-order valence-electron chi connectivity index (χ1n) is 9.07. The standard InChI is InChI=1S/C19H14Cl2N6O2S/c1-9(2)17-25-26(19(28)12-6-13-11(27(12)17)7-14(21)30-13)8-15-23-24-18(29-15)16-10(20)4-3-5-22-16/h3-7,9H,8H2,1-2H3. The Bertz CT molecular complexity index is 1470. The van der Waals surface area contributed by atoms with Gasteiger partial charge in [-0.3, -0.25) is 9.20 Å². The predicted octanol–water partition coefficient (Wildman–Crippen LogP) is 4.63. The zero-order valence-electron chi connectivity index (χ0n) is 15.8. The minimum absolute atomic E-state index is 0.0338. The molecule has 0 N–H and O–H groups in total. The van der Waals surface area contributed by atoms with Crippen molar-refractivity contribution >= 4 is 50.3 Å². The van der Waals surface area contributed by atoms with Gasteiger partial charge in [-0.05, 0) is 24.3 Å². The third kappa shape index (κ3) is 3.10. The van der Waals surface area contributed by atoms with E-state index in [1.807, 2.05) is 30.4 Å². The summed E-state index contributed by atoms with van der Waals surface area (Å²) in [5, 5.41) is 13.0. The summed E-state index contributed by atoms with van der Waals surface area (Å²) in [6.07, 6.45) is 1.59. The van der Waals surface area contributed by atoms with Gasteiger partial charge in [0.2, 0.25) is 5.89 Å². The molecule has 0 aliphatic heterocycles. The summed E-state index contributed by atoms with van der Waals surface area (Å²) in [7, 11) is 0. The minimum atomic E-state index is -0.255. The van der Waals surface area contributed by atoms with Crippen LogP contribution in [0.5, 0.6) is 0 Å². The molecule has 0 saturated heterocycles. The zero-order chi connectivity index (χ0) is 21.0. The van der Waals surface area contributed by atoms with Crippen LogP contribution >= 0.6 is 34.5 Å². The molecule has 0 amide bonds. The Morgan fingerprint density at radius 2 is 2.03 bits per heavy atom. The van der Waals surface area contributed by atoms with E-state index in [0.29, 0.717) is 20.6 Å². The number of thiophene rings is 1. The van der Waals surface area contributed by atoms with Gasteiger partial charge >= 0.3 is 0 Å². The highest BCUT2D eigenvalue weighted by Crippen LogP contribution is 2.32. The maximum absolute atomic E-state index is 13.1. The topological polar surface area (TPSA) is 91.1 Å². The van der Waals surface area contributed by atoms with Crippen LogP contribution < -0.4 is 5.56 Å². The summed E-state index contributed by atoms with van der Waals surface area (Å²) in [4.78, 5) is 17.3. The van der Waals surface area contributed by atoms with Crippen molar-refractivity contribution in [3.8, 4) is 11.6 Å². The van der Waals surface area contributed by atoms with Gasteiger partial charge in [0.25, 0.3) is 11.4 Å². The number of halogens is 2. The van der Waals surface area contributed by atoms with Gasteiger partial charge in [0, 0.05) is 12.1 Å². The number of aromatic nitrogens is 6. The van der Waals surface area contributed by atoms with E-state index in [1.54, 1.807) is 18.3 Å². The van der Waals surface area contributed by atoms with Crippen molar-refractivity contribution in [3.63, 3.8) is 0 Å². The lowest BCUT2D eigenvalue weighted by molar-refractivity contribution is 0.457. The summed E-state index contributed by atoms with van der Waals surface area (Å²) in [6, 6.07) is 7.09. The van der Waals surface area contributed by atoms with Crippen molar-refractivity contribution in [2.45, 2.75) is 26.3 Å². The molecule has 0 unspecified atom stereocenters. The zero-order valence-corrected chi connectivity index (χ0v) is 18.2. The van der Waals surface area contributed by atoms with Gasteiger partial charge < -0.3 is 4.42 Å². The molecule has 0 saturated carbocycles. The Labute approximate surface area is 183 Å². The van der Waals surface area contributed by atoms with Gasteiger partial charge in [0.15, 0.2) is 0 Å². The number of hydrogen-bond acceptors (Lipinski definition) is 7. The molecule has 0 fully saturated rings. The lowest BCUT2D eigenvalue weighted by atomic mass is 10.2. The van der Waals surface area contributed by atoms with Crippen LogP contribution in [0.25, 0.3) is 27.3 Å². The van der Waals surface area contributed by atoms with Gasteiger partial charge in [-0.2, -0.15) is 5.10 Å². The van der Waals surface area contributed by atoms with Crippen molar-refractivity contribution in [1.29, 1.82) is 0 Å². The van der Waals surface area contributed by atoms with Crippen LogP contribution in [0.3, 0.4) is 0 Å². The van der Waals surface area contributed by atoms with Gasteiger partial charge in [-0.1, -0.05) is 37.0 Å². The molecule has 5 rings (SSSR count). The lowest BCUT2D eigenvalue weighted by Gasteiger charge is -2.12. The average molecular weight is 461 g/mol. The second kappa shape index (κ2) is 7.19. The molecule has 8 nitrogen and oxygen atoms in total. The van der Waals surface area contributed by atoms with Crippen LogP contribution in [0.2, 0.25) is 9.36 Å². The molecule has 5 aromatic rings. The fourth-order valence-corrected chi connectivity index (χ4v) is 4.64. The first-order valence-corrected chi connectivity index (χ1v) is 10.6. The maximum Gasteiger partial charge on any atom is 0.291 e. The molecule has 152 valence electrons. The Hall–Kier alpha value is -2.75. The summed E-state index contributed by atoms with van der Waals surface area (Å²) in [5.74, 6) is 1.23. The van der Waals surface area contributed by atoms with Crippen LogP contribution in [0.4, 0.5) is 0 Å². The smallest absolute Gasteiger partial charge is 0.291 e. The fourth-order valence-electron chi connectivity index (χ4n) is 3.28. The normalized spacial score (nSPS) is 11.9. The van der Waals surface area contributed by atoms with Gasteiger partial charge in [-0.15, -0.1) is 21.5 Å². The molecule has 0 aromatic carbocycles. The van der Waals surface area contributed by atoms with E-state index in [9.17, 15) is 4.79 Å². The summed E-state index contributed by atoms with van der Waals surface area (Å²) >= 11 is 13.7. The molecular formula is C19H14Cl2N6O2S. The van der Waals surface area contributed by atoms with E-state index < -0.39 is 0 Å². The highest BCUT2D eigenvalue weighted by atomic mass is 35.5. The van der Waals surface area contributed by atoms with Crippen molar-refractivity contribution in [2.75, 3.05) is 0 Å². The summed E-state index contributed by atoms with van der Waals surface area (Å²) in [6.45, 7) is 4.07. The lowest BCUT2D eigenvalue weighted by Crippen LogP contribution is -2.28. The molecule has 0 spiro atoms. The highest BCUT2D eigenvalue weighted by Gasteiger charge is 2.20. The molecule has 0 radical (unpaired) electrons. The van der Waals surface area contributed by atoms with Crippen LogP contribution in [-0.2, 0) is 6.54 Å². The number of pyridine rings is 1. The molecule has 11 heteroatoms. The van der Waals surface area contributed by atoms with Crippen molar-refractivity contribution < 1.29 is 4.42 Å². The van der Waals surface area contributed by atoms with Crippen molar-refractivity contribution in [3.05, 3.63) is 61.9 Å². The second-order valence-electron chi connectivity index (χ2n) is 6.98. The molecule has 0 aliphatic carbocycles. The molecule has 5 aromatic heterocycles. The van der Waals surface area contributed by atoms with Crippen LogP contribution in [0.1, 0.15) is 31.5 Å². The molecule has 5 heterocycles. The third-order valence-corrected chi connectivity index (χ3v) is 6.10. The molecular weight excluding hydrogens is 447 g/mol. The van der Waals surface area contributed by atoms with E-state index in [0.717, 1.165) is 16.0 Å². The van der Waals surface area contributed by atoms with E-state index in [-0.39, 0.29) is 29.8 Å². The van der Waals surface area contributed by atoms with E-state index in [2.05, 4.69) is 20.3 Å². The first kappa shape index (κ1) is 19.2. The molecule has 30 heavy (non-hydrogen) atoms. The van der Waals surface area contributed by atoms with E-state index in [4.69, 9.17) is 27.6 Å². The Balaban J connectivity index is 1.61. The van der Waals surface area contributed by atoms with Crippen molar-refractivity contribution in [1.82, 2.24) is 29.4 Å². The highest BCUT2D eigenvalue weighted by molar-refractivity contribution is 7.22. The van der Waals surface area contributed by atoms with Gasteiger partial charge in [-0.25, -0.2) is 9.67 Å². The van der Waals surface area contributed by atoms with Crippen molar-refractivity contribution in [2.24, 2.45) is 0 Å². The number of rotatable bonds is 4. The molecule has 0 bridgehead atoms. The van der Waals surface area contributed by atoms with Gasteiger partial charge in [0.05, 0.1) is 19.6 Å². The number of fused-ring (bicyclic) bond motifs is 3. The Morgan fingerprint density at radius 1 is 1.20 bits per heavy atom. The second-order valence-corrected chi connectivity index (χ2v) is 9.10. The predicted molar refractivity (Wildman–Crippen MR) is 116 cm³/mol. The largest absolute Gasteiger partial charge is 0.417 e. The molecule has 0 aliphatic rings. The maximum atomic E-state index is 13.1. The number of hydrogen-bond donors (Lipinski definition) is 0. The fraction of sp³-hybridized carbons (Fsp3) is 0.211. The van der Waals surface area contributed by atoms with E-state index >= 15 is 0 Å². The first-order chi connectivity index (χ1) is 14.4. The Morgan fingerprint density at radius 3 is 2.80 bits per heavy atom. The molecule has 0 atom stereocenters. The Kier molecular flexibility index (Phi) is 4.61. The SMILES string of the molecule is CC(C)c1nn(Cc2nnc(-c3ncccc3Cl)o2)c(=O)c2cc3sc(Cl)cc3n12. The van der Waals surface area contributed by atoms with Crippen LogP contribution in [0.15, 0.2) is 39.7 Å². The minimum Gasteiger partial charge on any atom is -0.417 e. The number of nitrogens with zero attached hydrogens (tertiary/aromatic N) is 6. The van der Waals surface area contributed by atoms with Crippen LogP contribution in [0, 0.1) is 0 Å². The average Bonchev–Trinajstić information content (AvgIpc) is 3.39. The quantitative estimate of drug-likeness (QED) is 0.388. The van der Waals surface area contributed by atoms with E-state index in [1.165, 1.54) is 16.0 Å². The third-order valence-electron chi connectivity index (χ3n) is 4.59.